The molecule has 0 saturated carbocycles. The quantitative estimate of drug-likeness (QED) is 0.273. The van der Waals surface area contributed by atoms with E-state index in [0.29, 0.717) is 12.4 Å². The van der Waals surface area contributed by atoms with Crippen LogP contribution in [0.1, 0.15) is 40.7 Å². The molecule has 0 unspecified atom stereocenters. The number of esters is 1. The van der Waals surface area contributed by atoms with E-state index in [1.54, 1.807) is 25.2 Å². The van der Waals surface area contributed by atoms with Gasteiger partial charge in [0.25, 0.3) is 0 Å². The number of ether oxygens (including phenoxy) is 1. The third kappa shape index (κ3) is 6.24. The van der Waals surface area contributed by atoms with Gasteiger partial charge in [0.2, 0.25) is 0 Å². The van der Waals surface area contributed by atoms with Gasteiger partial charge in [-0.15, -0.1) is 0 Å². The molecular weight excluding hydrogens is 416 g/mol. The van der Waals surface area contributed by atoms with Crippen molar-refractivity contribution in [1.82, 2.24) is 0 Å². The second-order valence-corrected chi connectivity index (χ2v) is 7.97. The highest BCUT2D eigenvalue weighted by atomic mass is 16.5. The summed E-state index contributed by atoms with van der Waals surface area (Å²) in [6.07, 6.45) is 6.46. The highest BCUT2D eigenvalue weighted by molar-refractivity contribution is 5.89. The maximum absolute atomic E-state index is 11.2. The molecule has 5 heteroatoms. The van der Waals surface area contributed by atoms with Crippen molar-refractivity contribution >= 4 is 40.1 Å². The summed E-state index contributed by atoms with van der Waals surface area (Å²) in [6.45, 7) is 10.4. The zero-order valence-electron chi connectivity index (χ0n) is 19.8. The highest BCUT2D eigenvalue weighted by Crippen LogP contribution is 2.26. The Morgan fingerprint density at radius 3 is 1.85 bits per heavy atom. The van der Waals surface area contributed by atoms with Gasteiger partial charge in [-0.05, 0) is 82.2 Å². The zero-order chi connectivity index (χ0) is 24.0. The van der Waals surface area contributed by atoms with Crippen molar-refractivity contribution in [3.05, 3.63) is 82.3 Å². The van der Waals surface area contributed by atoms with Crippen molar-refractivity contribution < 1.29 is 23.5 Å². The first-order valence-electron chi connectivity index (χ1n) is 10.9. The molecule has 0 aliphatic heterocycles. The van der Waals surface area contributed by atoms with Crippen LogP contribution in [0, 0.1) is 27.7 Å². The average Bonchev–Trinajstić information content (AvgIpc) is 3.35. The summed E-state index contributed by atoms with van der Waals surface area (Å²) in [4.78, 5) is 11.2. The summed E-state index contributed by atoms with van der Waals surface area (Å²) in [5.74, 6) is 1.09. The Labute approximate surface area is 194 Å². The number of fused-ring (bicyclic) bond motifs is 2. The Bertz CT molecular complexity index is 1320. The molecule has 0 fully saturated rings. The van der Waals surface area contributed by atoms with Crippen molar-refractivity contribution in [3.8, 4) is 0 Å². The number of hydrogen-bond acceptors (Lipinski definition) is 5. The molecule has 2 aromatic carbocycles. The average molecular weight is 447 g/mol. The fraction of sp³-hybridized carbons (Fsp3) is 0.250. The molecule has 4 rings (SSSR count). The summed E-state index contributed by atoms with van der Waals surface area (Å²) in [5, 5.41) is 10.8. The maximum Gasteiger partial charge on any atom is 0.330 e. The fourth-order valence-corrected chi connectivity index (χ4v) is 3.74. The molecule has 0 radical (unpaired) electrons. The van der Waals surface area contributed by atoms with Crippen LogP contribution < -0.4 is 0 Å². The van der Waals surface area contributed by atoms with E-state index >= 15 is 0 Å². The third-order valence-electron chi connectivity index (χ3n) is 4.99. The molecule has 172 valence electrons. The largest absolute Gasteiger partial charge is 0.463 e. The monoisotopic (exact) mass is 446 g/mol. The number of rotatable bonds is 5. The number of aryl methyl sites for hydroxylation is 4. The minimum Gasteiger partial charge on any atom is -0.463 e. The third-order valence-corrected chi connectivity index (χ3v) is 4.99. The Hall–Kier alpha value is -3.57. The van der Waals surface area contributed by atoms with Crippen LogP contribution >= 0.6 is 0 Å². The molecule has 0 amide bonds. The van der Waals surface area contributed by atoms with Crippen LogP contribution in [0.25, 0.3) is 34.1 Å². The predicted octanol–water partition coefficient (Wildman–Crippen LogP) is 6.68. The van der Waals surface area contributed by atoms with Crippen molar-refractivity contribution in [2.45, 2.75) is 34.6 Å². The first-order chi connectivity index (χ1) is 15.8. The van der Waals surface area contributed by atoms with Gasteiger partial charge in [0.1, 0.15) is 22.7 Å². The van der Waals surface area contributed by atoms with Gasteiger partial charge in [-0.25, -0.2) is 4.79 Å². The van der Waals surface area contributed by atoms with Gasteiger partial charge in [0.15, 0.2) is 0 Å². The smallest absolute Gasteiger partial charge is 0.330 e. The predicted molar refractivity (Wildman–Crippen MR) is 133 cm³/mol. The van der Waals surface area contributed by atoms with Crippen LogP contribution in [0.5, 0.6) is 0 Å². The van der Waals surface area contributed by atoms with E-state index in [9.17, 15) is 4.79 Å². The van der Waals surface area contributed by atoms with E-state index in [1.807, 2.05) is 32.9 Å². The summed E-state index contributed by atoms with van der Waals surface area (Å²) in [5.41, 5.74) is 6.47. The summed E-state index contributed by atoms with van der Waals surface area (Å²) in [6, 6.07) is 12.2. The molecule has 5 nitrogen and oxygen atoms in total. The highest BCUT2D eigenvalue weighted by Gasteiger charge is 2.06. The van der Waals surface area contributed by atoms with Gasteiger partial charge in [-0.3, -0.25) is 0 Å². The SMILES string of the molecule is CCOC(=O)/C=C/c1cc2cc(C)cc(C)c2o1.Cc1cc(C)c2oc(/C=C/CO)cc2c1. The number of aliphatic hydroxyl groups is 1. The van der Waals surface area contributed by atoms with E-state index in [1.165, 1.54) is 17.2 Å². The lowest BCUT2D eigenvalue weighted by Crippen LogP contribution is -1.98. The molecule has 0 bridgehead atoms. The van der Waals surface area contributed by atoms with Gasteiger partial charge < -0.3 is 18.7 Å². The van der Waals surface area contributed by atoms with Gasteiger partial charge in [0.05, 0.1) is 13.2 Å². The topological polar surface area (TPSA) is 72.8 Å². The minimum atomic E-state index is -0.356. The van der Waals surface area contributed by atoms with Gasteiger partial charge >= 0.3 is 5.97 Å². The lowest BCUT2D eigenvalue weighted by atomic mass is 10.1. The first-order valence-corrected chi connectivity index (χ1v) is 10.9. The molecule has 0 spiro atoms. The van der Waals surface area contributed by atoms with Crippen molar-refractivity contribution in [1.29, 1.82) is 0 Å². The Kier molecular flexibility index (Phi) is 7.91. The number of aliphatic hydroxyl groups excluding tert-OH is 1. The van der Waals surface area contributed by atoms with Crippen LogP contribution in [0.15, 0.2) is 57.4 Å². The van der Waals surface area contributed by atoms with Crippen molar-refractivity contribution in [2.75, 3.05) is 13.2 Å². The summed E-state index contributed by atoms with van der Waals surface area (Å²) < 4.78 is 16.2. The molecule has 0 aliphatic carbocycles. The molecule has 0 aliphatic rings. The molecule has 0 atom stereocenters. The van der Waals surface area contributed by atoms with Crippen LogP contribution in [0.4, 0.5) is 0 Å². The first kappa shape index (κ1) is 24.1. The molecule has 2 heterocycles. The molecule has 33 heavy (non-hydrogen) atoms. The van der Waals surface area contributed by atoms with Crippen molar-refractivity contribution in [3.63, 3.8) is 0 Å². The zero-order valence-corrected chi connectivity index (χ0v) is 19.8. The second-order valence-electron chi connectivity index (χ2n) is 7.97. The number of carbonyl (C=O) groups excluding carboxylic acids is 1. The lowest BCUT2D eigenvalue weighted by Gasteiger charge is -1.96. The molecule has 4 aromatic rings. The number of hydrogen-bond donors (Lipinski definition) is 1. The van der Waals surface area contributed by atoms with Crippen molar-refractivity contribution in [2.24, 2.45) is 0 Å². The Morgan fingerprint density at radius 1 is 0.848 bits per heavy atom. The second kappa shape index (κ2) is 10.8. The summed E-state index contributed by atoms with van der Waals surface area (Å²) >= 11 is 0. The number of furan rings is 2. The Balaban J connectivity index is 0.000000189. The number of benzene rings is 2. The van der Waals surface area contributed by atoms with Gasteiger partial charge in [-0.1, -0.05) is 29.3 Å². The van der Waals surface area contributed by atoms with Crippen LogP contribution in [0.3, 0.4) is 0 Å². The molecule has 1 N–H and O–H groups in total. The fourth-order valence-electron chi connectivity index (χ4n) is 3.74. The molecular formula is C28H30O5. The van der Waals surface area contributed by atoms with E-state index < -0.39 is 0 Å². The van der Waals surface area contributed by atoms with Crippen LogP contribution in [-0.2, 0) is 9.53 Å². The van der Waals surface area contributed by atoms with E-state index in [2.05, 4.69) is 31.2 Å². The maximum atomic E-state index is 11.2. The molecule has 0 saturated heterocycles. The standard InChI is InChI=1S/C15H16O3.C13H14O2/c1-4-17-14(16)6-5-13-9-12-8-10(2)7-11(3)15(12)18-13;1-9-6-10(2)13-11(7-9)8-12(15-13)4-3-5-14/h5-9H,4H2,1-3H3;3-4,6-8,14H,5H2,1-2H3/b6-5+;4-3+. The number of carbonyl (C=O) groups is 1. The normalized spacial score (nSPS) is 11.5. The van der Waals surface area contributed by atoms with Crippen LogP contribution in [0.2, 0.25) is 0 Å². The Morgan fingerprint density at radius 2 is 1.36 bits per heavy atom. The minimum absolute atomic E-state index is 0.0368. The van der Waals surface area contributed by atoms with Crippen LogP contribution in [-0.4, -0.2) is 24.3 Å². The van der Waals surface area contributed by atoms with E-state index in [-0.39, 0.29) is 12.6 Å². The van der Waals surface area contributed by atoms with Gasteiger partial charge in [0, 0.05) is 16.8 Å². The molecule has 2 aromatic heterocycles. The lowest BCUT2D eigenvalue weighted by molar-refractivity contribution is -0.137. The van der Waals surface area contributed by atoms with Gasteiger partial charge in [-0.2, -0.15) is 0 Å². The van der Waals surface area contributed by atoms with E-state index in [0.717, 1.165) is 38.8 Å². The summed E-state index contributed by atoms with van der Waals surface area (Å²) in [7, 11) is 0. The van der Waals surface area contributed by atoms with E-state index in [4.69, 9.17) is 18.7 Å².